The minimum Gasteiger partial charge on any atom is -0.496 e. The molecule has 1 aromatic rings. The number of rotatable bonds is 5. The number of nitrogens with one attached hydrogen (secondary N) is 1. The van der Waals surface area contributed by atoms with Gasteiger partial charge in [-0.3, -0.25) is 4.79 Å². The Morgan fingerprint density at radius 1 is 1.59 bits per heavy atom. The van der Waals surface area contributed by atoms with Crippen LogP contribution < -0.4 is 15.8 Å². The van der Waals surface area contributed by atoms with Crippen molar-refractivity contribution in [3.63, 3.8) is 0 Å². The maximum absolute atomic E-state index is 13.1. The Balaban J connectivity index is 2.83. The third kappa shape index (κ3) is 3.71. The average Bonchev–Trinajstić information content (AvgIpc) is 2.29. The van der Waals surface area contributed by atoms with Crippen LogP contribution in [-0.4, -0.2) is 19.6 Å². The summed E-state index contributed by atoms with van der Waals surface area (Å²) in [5.41, 5.74) is 5.89. The normalized spacial score (nSPS) is 12.0. The molecule has 0 bridgehead atoms. The van der Waals surface area contributed by atoms with E-state index in [9.17, 15) is 9.18 Å². The predicted molar refractivity (Wildman–Crippen MR) is 63.2 cm³/mol. The van der Waals surface area contributed by atoms with Gasteiger partial charge in [0.2, 0.25) is 5.91 Å². The Hall–Kier alpha value is -1.62. The van der Waals surface area contributed by atoms with E-state index in [-0.39, 0.29) is 24.2 Å². The van der Waals surface area contributed by atoms with Gasteiger partial charge in [0.05, 0.1) is 13.2 Å². The monoisotopic (exact) mass is 240 g/mol. The molecule has 0 aromatic heterocycles. The van der Waals surface area contributed by atoms with Gasteiger partial charge < -0.3 is 15.8 Å². The number of benzene rings is 1. The molecule has 1 rings (SSSR count). The highest BCUT2D eigenvalue weighted by molar-refractivity contribution is 5.76. The highest BCUT2D eigenvalue weighted by atomic mass is 19.1. The molecular weight excluding hydrogens is 223 g/mol. The number of hydrogen-bond donors (Lipinski definition) is 2. The lowest BCUT2D eigenvalue weighted by molar-refractivity contribution is -0.121. The van der Waals surface area contributed by atoms with Crippen molar-refractivity contribution in [2.75, 3.05) is 13.7 Å². The summed E-state index contributed by atoms with van der Waals surface area (Å²) in [5.74, 6) is 0.0268. The third-order valence-corrected chi connectivity index (χ3v) is 2.41. The van der Waals surface area contributed by atoms with Gasteiger partial charge in [0.25, 0.3) is 0 Å². The Morgan fingerprint density at radius 2 is 2.29 bits per heavy atom. The van der Waals surface area contributed by atoms with Crippen molar-refractivity contribution >= 4 is 5.91 Å². The standard InChI is InChI=1S/C12H17FN2O2/c1-8(15-12(16)5-6-14)10-7-9(13)3-4-11(10)17-2/h3-4,7-8H,5-6,14H2,1-2H3,(H,15,16). The lowest BCUT2D eigenvalue weighted by Gasteiger charge is -2.17. The van der Waals surface area contributed by atoms with E-state index in [1.165, 1.54) is 25.3 Å². The maximum atomic E-state index is 13.1. The molecule has 0 aliphatic rings. The van der Waals surface area contributed by atoms with E-state index in [2.05, 4.69) is 5.32 Å². The summed E-state index contributed by atoms with van der Waals surface area (Å²) in [4.78, 5) is 11.4. The molecule has 1 unspecified atom stereocenters. The van der Waals surface area contributed by atoms with Crippen LogP contribution in [0.3, 0.4) is 0 Å². The van der Waals surface area contributed by atoms with Gasteiger partial charge in [0.15, 0.2) is 0 Å². The van der Waals surface area contributed by atoms with E-state index >= 15 is 0 Å². The van der Waals surface area contributed by atoms with E-state index in [1.54, 1.807) is 6.92 Å². The number of carbonyl (C=O) groups is 1. The van der Waals surface area contributed by atoms with Crippen molar-refractivity contribution < 1.29 is 13.9 Å². The van der Waals surface area contributed by atoms with Gasteiger partial charge in [-0.05, 0) is 25.1 Å². The van der Waals surface area contributed by atoms with Crippen molar-refractivity contribution in [2.45, 2.75) is 19.4 Å². The molecule has 94 valence electrons. The van der Waals surface area contributed by atoms with Gasteiger partial charge >= 0.3 is 0 Å². The van der Waals surface area contributed by atoms with E-state index in [0.717, 1.165) is 0 Å². The second-order valence-electron chi connectivity index (χ2n) is 3.71. The first-order valence-electron chi connectivity index (χ1n) is 5.41. The molecule has 0 saturated carbocycles. The SMILES string of the molecule is COc1ccc(F)cc1C(C)NC(=O)CCN. The lowest BCUT2D eigenvalue weighted by atomic mass is 10.1. The summed E-state index contributed by atoms with van der Waals surface area (Å²) >= 11 is 0. The van der Waals surface area contributed by atoms with Crippen LogP contribution in [-0.2, 0) is 4.79 Å². The van der Waals surface area contributed by atoms with E-state index in [4.69, 9.17) is 10.5 Å². The summed E-state index contributed by atoms with van der Waals surface area (Å²) in [5, 5.41) is 2.73. The number of amides is 1. The number of hydrogen-bond acceptors (Lipinski definition) is 3. The molecule has 0 fully saturated rings. The molecular formula is C12H17FN2O2. The zero-order valence-corrected chi connectivity index (χ0v) is 10.00. The first-order valence-corrected chi connectivity index (χ1v) is 5.41. The van der Waals surface area contributed by atoms with Crippen LogP contribution in [0.1, 0.15) is 24.9 Å². The highest BCUT2D eigenvalue weighted by Crippen LogP contribution is 2.25. The van der Waals surface area contributed by atoms with Gasteiger partial charge in [0.1, 0.15) is 11.6 Å². The topological polar surface area (TPSA) is 64.3 Å². The van der Waals surface area contributed by atoms with Crippen molar-refractivity contribution in [1.82, 2.24) is 5.32 Å². The molecule has 0 aliphatic carbocycles. The van der Waals surface area contributed by atoms with Crippen molar-refractivity contribution in [2.24, 2.45) is 5.73 Å². The third-order valence-electron chi connectivity index (χ3n) is 2.41. The van der Waals surface area contributed by atoms with E-state index in [1.807, 2.05) is 0 Å². The maximum Gasteiger partial charge on any atom is 0.221 e. The molecule has 0 heterocycles. The molecule has 0 aliphatic heterocycles. The van der Waals surface area contributed by atoms with Crippen LogP contribution >= 0.6 is 0 Å². The Morgan fingerprint density at radius 3 is 2.88 bits per heavy atom. The fourth-order valence-electron chi connectivity index (χ4n) is 1.57. The quantitative estimate of drug-likeness (QED) is 0.816. The predicted octanol–water partition coefficient (Wildman–Crippen LogP) is 1.36. The second kappa shape index (κ2) is 6.20. The first kappa shape index (κ1) is 13.4. The van der Waals surface area contributed by atoms with Gasteiger partial charge in [-0.15, -0.1) is 0 Å². The summed E-state index contributed by atoms with van der Waals surface area (Å²) < 4.78 is 18.3. The average molecular weight is 240 g/mol. The van der Waals surface area contributed by atoms with E-state index < -0.39 is 0 Å². The molecule has 3 N–H and O–H groups in total. The second-order valence-corrected chi connectivity index (χ2v) is 3.71. The van der Waals surface area contributed by atoms with Crippen molar-refractivity contribution in [3.8, 4) is 5.75 Å². The molecule has 1 atom stereocenters. The van der Waals surface area contributed by atoms with Crippen molar-refractivity contribution in [1.29, 1.82) is 0 Å². The first-order chi connectivity index (χ1) is 8.08. The van der Waals surface area contributed by atoms with Crippen molar-refractivity contribution in [3.05, 3.63) is 29.6 Å². The van der Waals surface area contributed by atoms with Crippen LogP contribution in [0.4, 0.5) is 4.39 Å². The van der Waals surface area contributed by atoms with Gasteiger partial charge in [-0.2, -0.15) is 0 Å². The minimum atomic E-state index is -0.360. The summed E-state index contributed by atoms with van der Waals surface area (Å²) in [6.07, 6.45) is 0.252. The van der Waals surface area contributed by atoms with Gasteiger partial charge in [-0.1, -0.05) is 0 Å². The van der Waals surface area contributed by atoms with Gasteiger partial charge in [-0.25, -0.2) is 4.39 Å². The molecule has 4 nitrogen and oxygen atoms in total. The molecule has 17 heavy (non-hydrogen) atoms. The van der Waals surface area contributed by atoms with Crippen LogP contribution in [0.25, 0.3) is 0 Å². The van der Waals surface area contributed by atoms with Crippen LogP contribution in [0.2, 0.25) is 0 Å². The number of nitrogens with two attached hydrogens (primary N) is 1. The molecule has 0 spiro atoms. The van der Waals surface area contributed by atoms with Gasteiger partial charge in [0, 0.05) is 18.5 Å². The molecule has 1 amide bonds. The lowest BCUT2D eigenvalue weighted by Crippen LogP contribution is -2.28. The smallest absolute Gasteiger partial charge is 0.221 e. The zero-order valence-electron chi connectivity index (χ0n) is 10.00. The van der Waals surface area contributed by atoms with Crippen LogP contribution in [0.5, 0.6) is 5.75 Å². The Bertz CT molecular complexity index is 396. The number of ether oxygens (including phenoxy) is 1. The van der Waals surface area contributed by atoms with E-state index in [0.29, 0.717) is 17.9 Å². The zero-order chi connectivity index (χ0) is 12.8. The summed E-state index contributed by atoms with van der Waals surface area (Å²) in [6.45, 7) is 2.06. The molecule has 0 saturated heterocycles. The highest BCUT2D eigenvalue weighted by Gasteiger charge is 2.14. The fraction of sp³-hybridized carbons (Fsp3) is 0.417. The molecule has 0 radical (unpaired) electrons. The molecule has 5 heteroatoms. The number of halogens is 1. The minimum absolute atomic E-state index is 0.161. The summed E-state index contributed by atoms with van der Waals surface area (Å²) in [6, 6.07) is 3.89. The largest absolute Gasteiger partial charge is 0.496 e. The fourth-order valence-corrected chi connectivity index (χ4v) is 1.57. The Kier molecular flexibility index (Phi) is 4.90. The van der Waals surface area contributed by atoms with Crippen LogP contribution in [0.15, 0.2) is 18.2 Å². The Labute approximate surface area is 100.0 Å². The number of methoxy groups -OCH3 is 1. The molecule has 1 aromatic carbocycles. The van der Waals surface area contributed by atoms with Crippen LogP contribution in [0, 0.1) is 5.82 Å². The number of carbonyl (C=O) groups excluding carboxylic acids is 1. The summed E-state index contributed by atoms with van der Waals surface area (Å²) in [7, 11) is 1.51.